The van der Waals surface area contributed by atoms with E-state index in [4.69, 9.17) is 4.98 Å². The van der Waals surface area contributed by atoms with Crippen LogP contribution in [0.3, 0.4) is 0 Å². The number of benzene rings is 1. The van der Waals surface area contributed by atoms with Crippen LogP contribution < -0.4 is 0 Å². The Hall–Kier alpha value is -2.69. The molecule has 1 aromatic carbocycles. The highest BCUT2D eigenvalue weighted by molar-refractivity contribution is 6.06. The van der Waals surface area contributed by atoms with E-state index in [0.717, 1.165) is 46.4 Å². The van der Waals surface area contributed by atoms with Crippen LogP contribution in [0.25, 0.3) is 11.0 Å². The topological polar surface area (TPSA) is 51.0 Å². The van der Waals surface area contributed by atoms with E-state index in [1.165, 1.54) is 0 Å². The van der Waals surface area contributed by atoms with Crippen molar-refractivity contribution in [3.05, 3.63) is 58.9 Å². The van der Waals surface area contributed by atoms with E-state index in [9.17, 15) is 4.79 Å². The number of rotatable bonds is 4. The van der Waals surface area contributed by atoms with Gasteiger partial charge in [-0.25, -0.2) is 4.98 Å². The SMILES string of the molecule is Cc1nn(C)c2nc(C3CC3)cc(C(=O)N(C)Cc3ccccc3)c12. The number of fused-ring (bicyclic) bond motifs is 1. The largest absolute Gasteiger partial charge is 0.337 e. The maximum absolute atomic E-state index is 13.2. The molecule has 1 aliphatic carbocycles. The normalized spacial score (nSPS) is 14.0. The van der Waals surface area contributed by atoms with Crippen LogP contribution in [0, 0.1) is 6.92 Å². The number of amides is 1. The van der Waals surface area contributed by atoms with Gasteiger partial charge in [-0.3, -0.25) is 9.48 Å². The first kappa shape index (κ1) is 15.8. The van der Waals surface area contributed by atoms with Crippen molar-refractivity contribution in [1.29, 1.82) is 0 Å². The number of hydrogen-bond donors (Lipinski definition) is 0. The van der Waals surface area contributed by atoms with Crippen molar-refractivity contribution in [3.63, 3.8) is 0 Å². The van der Waals surface area contributed by atoms with Crippen molar-refractivity contribution >= 4 is 16.9 Å². The van der Waals surface area contributed by atoms with Gasteiger partial charge >= 0.3 is 0 Å². The molecule has 0 atom stereocenters. The molecular formula is C20H22N4O. The van der Waals surface area contributed by atoms with Crippen LogP contribution in [0.4, 0.5) is 0 Å². The molecule has 2 heterocycles. The molecule has 0 unspecified atom stereocenters. The Bertz CT molecular complexity index is 941. The molecule has 3 aromatic rings. The Balaban J connectivity index is 1.75. The number of nitrogens with zero attached hydrogens (tertiary/aromatic N) is 4. The number of hydrogen-bond acceptors (Lipinski definition) is 3. The lowest BCUT2D eigenvalue weighted by Crippen LogP contribution is -2.26. The van der Waals surface area contributed by atoms with Gasteiger partial charge in [-0.2, -0.15) is 5.10 Å². The molecule has 0 aliphatic heterocycles. The van der Waals surface area contributed by atoms with Gasteiger partial charge < -0.3 is 4.90 Å². The number of aromatic nitrogens is 3. The third-order valence-corrected chi connectivity index (χ3v) is 4.82. The monoisotopic (exact) mass is 334 g/mol. The fourth-order valence-corrected chi connectivity index (χ4v) is 3.36. The van der Waals surface area contributed by atoms with Crippen molar-refractivity contribution in [2.24, 2.45) is 7.05 Å². The number of pyridine rings is 1. The smallest absolute Gasteiger partial charge is 0.254 e. The minimum atomic E-state index is 0.0225. The Labute approximate surface area is 147 Å². The Morgan fingerprint density at radius 2 is 2.00 bits per heavy atom. The van der Waals surface area contributed by atoms with Crippen molar-refractivity contribution in [2.45, 2.75) is 32.2 Å². The van der Waals surface area contributed by atoms with Gasteiger partial charge in [0.15, 0.2) is 5.65 Å². The van der Waals surface area contributed by atoms with Crippen molar-refractivity contribution < 1.29 is 4.79 Å². The van der Waals surface area contributed by atoms with Crippen LogP contribution in [0.1, 0.15) is 46.1 Å². The molecule has 1 aliphatic rings. The van der Waals surface area contributed by atoms with E-state index in [2.05, 4.69) is 5.10 Å². The summed E-state index contributed by atoms with van der Waals surface area (Å²) in [6.07, 6.45) is 2.31. The van der Waals surface area contributed by atoms with E-state index in [1.807, 2.05) is 57.4 Å². The zero-order chi connectivity index (χ0) is 17.6. The van der Waals surface area contributed by atoms with E-state index in [0.29, 0.717) is 12.5 Å². The van der Waals surface area contributed by atoms with Gasteiger partial charge in [0.05, 0.1) is 16.6 Å². The molecule has 25 heavy (non-hydrogen) atoms. The van der Waals surface area contributed by atoms with Crippen LogP contribution in [0.15, 0.2) is 36.4 Å². The molecule has 5 heteroatoms. The van der Waals surface area contributed by atoms with Gasteiger partial charge in [0, 0.05) is 32.3 Å². The Morgan fingerprint density at radius 3 is 2.68 bits per heavy atom. The summed E-state index contributed by atoms with van der Waals surface area (Å²) in [5.74, 6) is 0.514. The molecule has 1 saturated carbocycles. The molecule has 1 fully saturated rings. The predicted octanol–water partition coefficient (Wildman–Crippen LogP) is 3.43. The van der Waals surface area contributed by atoms with Gasteiger partial charge in [-0.1, -0.05) is 30.3 Å². The lowest BCUT2D eigenvalue weighted by atomic mass is 10.1. The highest BCUT2D eigenvalue weighted by atomic mass is 16.2. The molecule has 0 N–H and O–H groups in total. The second-order valence-corrected chi connectivity index (χ2v) is 6.92. The number of aryl methyl sites for hydroxylation is 2. The first-order chi connectivity index (χ1) is 12.0. The molecule has 2 aromatic heterocycles. The van der Waals surface area contributed by atoms with Gasteiger partial charge in [0.2, 0.25) is 0 Å². The van der Waals surface area contributed by atoms with Crippen LogP contribution in [-0.4, -0.2) is 32.6 Å². The fourth-order valence-electron chi connectivity index (χ4n) is 3.36. The average Bonchev–Trinajstić information content (AvgIpc) is 3.41. The van der Waals surface area contributed by atoms with E-state index >= 15 is 0 Å². The minimum absolute atomic E-state index is 0.0225. The van der Waals surface area contributed by atoms with E-state index in [1.54, 1.807) is 9.58 Å². The highest BCUT2D eigenvalue weighted by Gasteiger charge is 2.29. The summed E-state index contributed by atoms with van der Waals surface area (Å²) in [4.78, 5) is 19.7. The maximum Gasteiger partial charge on any atom is 0.254 e. The third-order valence-electron chi connectivity index (χ3n) is 4.82. The van der Waals surface area contributed by atoms with Crippen molar-refractivity contribution in [3.8, 4) is 0 Å². The zero-order valence-electron chi connectivity index (χ0n) is 14.9. The number of carbonyl (C=O) groups is 1. The molecule has 4 rings (SSSR count). The van der Waals surface area contributed by atoms with Crippen LogP contribution >= 0.6 is 0 Å². The average molecular weight is 334 g/mol. The van der Waals surface area contributed by atoms with E-state index < -0.39 is 0 Å². The quantitative estimate of drug-likeness (QED) is 0.734. The van der Waals surface area contributed by atoms with Crippen LogP contribution in [-0.2, 0) is 13.6 Å². The molecule has 5 nitrogen and oxygen atoms in total. The van der Waals surface area contributed by atoms with Crippen LogP contribution in [0.5, 0.6) is 0 Å². The minimum Gasteiger partial charge on any atom is -0.337 e. The molecule has 0 saturated heterocycles. The summed E-state index contributed by atoms with van der Waals surface area (Å²) >= 11 is 0. The standard InChI is InChI=1S/C20H22N4O/c1-13-18-16(20(25)23(2)12-14-7-5-4-6-8-14)11-17(15-9-10-15)21-19(18)24(3)22-13/h4-8,11,15H,9-10,12H2,1-3H3. The first-order valence-corrected chi connectivity index (χ1v) is 8.68. The molecule has 0 spiro atoms. The summed E-state index contributed by atoms with van der Waals surface area (Å²) in [6, 6.07) is 12.0. The Kier molecular flexibility index (Phi) is 3.79. The Morgan fingerprint density at radius 1 is 1.28 bits per heavy atom. The molecule has 1 amide bonds. The highest BCUT2D eigenvalue weighted by Crippen LogP contribution is 2.40. The third kappa shape index (κ3) is 2.90. The lowest BCUT2D eigenvalue weighted by molar-refractivity contribution is 0.0787. The number of carbonyl (C=O) groups excluding carboxylic acids is 1. The molecular weight excluding hydrogens is 312 g/mol. The van der Waals surface area contributed by atoms with E-state index in [-0.39, 0.29) is 5.91 Å². The second kappa shape index (κ2) is 5.99. The zero-order valence-corrected chi connectivity index (χ0v) is 14.9. The molecule has 0 radical (unpaired) electrons. The summed E-state index contributed by atoms with van der Waals surface area (Å²) in [7, 11) is 3.74. The van der Waals surface area contributed by atoms with Gasteiger partial charge in [-0.15, -0.1) is 0 Å². The van der Waals surface area contributed by atoms with Crippen molar-refractivity contribution in [1.82, 2.24) is 19.7 Å². The maximum atomic E-state index is 13.2. The summed E-state index contributed by atoms with van der Waals surface area (Å²) in [5, 5.41) is 5.35. The summed E-state index contributed by atoms with van der Waals surface area (Å²) in [5.41, 5.74) is 4.51. The van der Waals surface area contributed by atoms with Gasteiger partial charge in [0.25, 0.3) is 5.91 Å². The first-order valence-electron chi connectivity index (χ1n) is 8.68. The molecule has 0 bridgehead atoms. The van der Waals surface area contributed by atoms with Gasteiger partial charge in [-0.05, 0) is 31.4 Å². The predicted molar refractivity (Wildman–Crippen MR) is 97.5 cm³/mol. The van der Waals surface area contributed by atoms with Crippen LogP contribution in [0.2, 0.25) is 0 Å². The molecule has 128 valence electrons. The lowest BCUT2D eigenvalue weighted by Gasteiger charge is -2.18. The summed E-state index contributed by atoms with van der Waals surface area (Å²) < 4.78 is 1.78. The van der Waals surface area contributed by atoms with Gasteiger partial charge in [0.1, 0.15) is 0 Å². The fraction of sp³-hybridized carbons (Fsp3) is 0.350. The summed E-state index contributed by atoms with van der Waals surface area (Å²) in [6.45, 7) is 2.52. The van der Waals surface area contributed by atoms with Crippen molar-refractivity contribution in [2.75, 3.05) is 7.05 Å². The second-order valence-electron chi connectivity index (χ2n) is 6.92.